The molecule has 0 saturated carbocycles. The molecule has 2 aliphatic rings. The number of alkyl halides is 3. The van der Waals surface area contributed by atoms with E-state index in [4.69, 9.17) is 9.47 Å². The maximum Gasteiger partial charge on any atom is 0.534 e. The molecule has 1 saturated heterocycles. The monoisotopic (exact) mass is 389 g/mol. The van der Waals surface area contributed by atoms with Gasteiger partial charge in [0.2, 0.25) is 0 Å². The zero-order valence-electron chi connectivity index (χ0n) is 13.7. The normalized spacial score (nSPS) is 27.5. The Morgan fingerprint density at radius 1 is 1.32 bits per heavy atom. The fourth-order valence-corrected chi connectivity index (χ4v) is 3.59. The maximum absolute atomic E-state index is 12.6. The van der Waals surface area contributed by atoms with Crippen LogP contribution in [0, 0.1) is 0 Å². The zero-order valence-corrected chi connectivity index (χ0v) is 14.5. The molecule has 25 heavy (non-hydrogen) atoms. The number of halogens is 3. The van der Waals surface area contributed by atoms with Gasteiger partial charge in [-0.2, -0.15) is 21.6 Å². The van der Waals surface area contributed by atoms with Crippen molar-refractivity contribution in [3.8, 4) is 0 Å². The molecule has 0 aromatic heterocycles. The molecule has 0 radical (unpaired) electrons. The van der Waals surface area contributed by atoms with E-state index in [1.165, 1.54) is 7.11 Å². The number of methoxy groups -OCH3 is 2. The highest BCUT2D eigenvalue weighted by molar-refractivity contribution is 7.87. The smallest absolute Gasteiger partial charge is 0.466 e. The van der Waals surface area contributed by atoms with Crippen LogP contribution in [0.4, 0.5) is 13.2 Å². The van der Waals surface area contributed by atoms with Crippen molar-refractivity contribution in [2.75, 3.05) is 28.1 Å². The molecule has 2 bridgehead atoms. The highest BCUT2D eigenvalue weighted by Crippen LogP contribution is 2.42. The Bertz CT molecular complexity index is 661. The van der Waals surface area contributed by atoms with Crippen molar-refractivity contribution in [3.05, 3.63) is 11.3 Å². The second-order valence-electron chi connectivity index (χ2n) is 5.63. The molecule has 2 rings (SSSR count). The summed E-state index contributed by atoms with van der Waals surface area (Å²) in [4.78, 5) is 13.8. The molecule has 144 valence electrons. The van der Waals surface area contributed by atoms with E-state index in [0.717, 1.165) is 7.11 Å². The number of nitrogens with zero attached hydrogens (tertiary/aromatic N) is 1. The first-order valence-electron chi connectivity index (χ1n) is 7.18. The third-order valence-corrected chi connectivity index (χ3v) is 5.18. The van der Waals surface area contributed by atoms with Gasteiger partial charge >= 0.3 is 21.6 Å². The summed E-state index contributed by atoms with van der Waals surface area (Å²) in [5.41, 5.74) is -5.90. The van der Waals surface area contributed by atoms with Crippen molar-refractivity contribution in [1.29, 1.82) is 0 Å². The maximum atomic E-state index is 12.6. The number of hydrogen-bond donors (Lipinski definition) is 0. The predicted molar refractivity (Wildman–Crippen MR) is 76.4 cm³/mol. The van der Waals surface area contributed by atoms with E-state index < -0.39 is 39.5 Å². The third-order valence-electron chi connectivity index (χ3n) is 4.19. The van der Waals surface area contributed by atoms with Crippen molar-refractivity contribution in [2.24, 2.45) is 0 Å². The summed E-state index contributed by atoms with van der Waals surface area (Å²) in [6.45, 7) is -0.0901. The van der Waals surface area contributed by atoms with E-state index >= 15 is 0 Å². The van der Waals surface area contributed by atoms with Gasteiger partial charge in [-0.15, -0.1) is 0 Å². The Morgan fingerprint density at radius 3 is 2.48 bits per heavy atom. The van der Waals surface area contributed by atoms with Crippen LogP contribution in [0.5, 0.6) is 0 Å². The molecule has 0 aliphatic carbocycles. The van der Waals surface area contributed by atoms with E-state index in [-0.39, 0.29) is 24.8 Å². The zero-order chi connectivity index (χ0) is 19.0. The van der Waals surface area contributed by atoms with E-state index in [1.807, 2.05) is 0 Å². The quantitative estimate of drug-likeness (QED) is 0.284. The number of esters is 1. The molecule has 2 heterocycles. The van der Waals surface area contributed by atoms with Crippen molar-refractivity contribution in [2.45, 2.75) is 36.5 Å². The number of hydrogen-bond acceptors (Lipinski definition) is 8. The summed E-state index contributed by atoms with van der Waals surface area (Å²) >= 11 is 0. The summed E-state index contributed by atoms with van der Waals surface area (Å²) in [6, 6.07) is -1.15. The number of likely N-dealkylation sites (N-methyl/N-ethyl adjacent to an activating group) is 1. The van der Waals surface area contributed by atoms with Gasteiger partial charge in [-0.1, -0.05) is 0 Å². The largest absolute Gasteiger partial charge is 0.534 e. The SMILES string of the molecule is COCOC1CC2CC(OS(=O)(=O)C(F)(F)F)=C(C(=O)OC)C1N2C. The molecule has 2 aliphatic heterocycles. The van der Waals surface area contributed by atoms with Gasteiger partial charge in [0.25, 0.3) is 0 Å². The lowest BCUT2D eigenvalue weighted by Gasteiger charge is -2.34. The van der Waals surface area contributed by atoms with Gasteiger partial charge in [0.15, 0.2) is 0 Å². The van der Waals surface area contributed by atoms with Crippen LogP contribution in [-0.2, 0) is 33.3 Å². The Labute approximate surface area is 142 Å². The minimum Gasteiger partial charge on any atom is -0.466 e. The topological polar surface area (TPSA) is 91.4 Å². The number of ether oxygens (including phenoxy) is 3. The summed E-state index contributed by atoms with van der Waals surface area (Å²) in [7, 11) is -1.80. The molecule has 0 N–H and O–H groups in total. The molecule has 0 aromatic rings. The molecule has 3 atom stereocenters. The predicted octanol–water partition coefficient (Wildman–Crippen LogP) is 0.745. The fourth-order valence-electron chi connectivity index (χ4n) is 3.08. The van der Waals surface area contributed by atoms with Crippen molar-refractivity contribution < 1.29 is 44.8 Å². The van der Waals surface area contributed by atoms with Crippen LogP contribution in [0.3, 0.4) is 0 Å². The lowest BCUT2D eigenvalue weighted by molar-refractivity contribution is -0.138. The van der Waals surface area contributed by atoms with Gasteiger partial charge < -0.3 is 18.4 Å². The summed E-state index contributed by atoms with van der Waals surface area (Å²) in [5.74, 6) is -1.55. The Kier molecular flexibility index (Phi) is 5.66. The highest BCUT2D eigenvalue weighted by atomic mass is 32.2. The third kappa shape index (κ3) is 3.76. The highest BCUT2D eigenvalue weighted by Gasteiger charge is 2.54. The van der Waals surface area contributed by atoms with Gasteiger partial charge in [0.1, 0.15) is 12.6 Å². The Hall–Kier alpha value is -1.37. The number of carbonyl (C=O) groups excluding carboxylic acids is 1. The van der Waals surface area contributed by atoms with Gasteiger partial charge in [-0.05, 0) is 13.5 Å². The summed E-state index contributed by atoms with van der Waals surface area (Å²) in [5, 5.41) is 0. The summed E-state index contributed by atoms with van der Waals surface area (Å²) in [6.07, 6.45) is -0.414. The van der Waals surface area contributed by atoms with E-state index in [0.29, 0.717) is 6.42 Å². The Balaban J connectivity index is 2.44. The molecule has 0 spiro atoms. The molecule has 12 heteroatoms. The van der Waals surface area contributed by atoms with Gasteiger partial charge in [0.05, 0.1) is 24.8 Å². The van der Waals surface area contributed by atoms with Crippen LogP contribution in [0.1, 0.15) is 12.8 Å². The van der Waals surface area contributed by atoms with E-state index in [1.54, 1.807) is 11.9 Å². The lowest BCUT2D eigenvalue weighted by Crippen LogP contribution is -2.45. The van der Waals surface area contributed by atoms with Crippen LogP contribution < -0.4 is 0 Å². The van der Waals surface area contributed by atoms with Crippen LogP contribution >= 0.6 is 0 Å². The first-order valence-corrected chi connectivity index (χ1v) is 8.59. The first kappa shape index (κ1) is 19.9. The molecule has 8 nitrogen and oxygen atoms in total. The lowest BCUT2D eigenvalue weighted by atomic mass is 9.99. The van der Waals surface area contributed by atoms with E-state index in [9.17, 15) is 26.4 Å². The standard InChI is InChI=1S/C13H18F3NO7S/c1-17-7-4-8(24-25(19,20)13(14,15)16)10(12(18)22-3)11(17)9(5-7)23-6-21-2/h7,9,11H,4-6H2,1-3H3. The fraction of sp³-hybridized carbons (Fsp3) is 0.769. The van der Waals surface area contributed by atoms with Crippen molar-refractivity contribution in [1.82, 2.24) is 4.90 Å². The Morgan fingerprint density at radius 2 is 1.96 bits per heavy atom. The minimum absolute atomic E-state index is 0.0901. The van der Waals surface area contributed by atoms with Gasteiger partial charge in [-0.3, -0.25) is 4.90 Å². The average Bonchev–Trinajstić information content (AvgIpc) is 2.71. The molecule has 1 fully saturated rings. The second kappa shape index (κ2) is 7.09. The number of rotatable bonds is 6. The second-order valence-corrected chi connectivity index (χ2v) is 7.17. The number of carbonyl (C=O) groups is 1. The molecule has 3 unspecified atom stereocenters. The number of fused-ring (bicyclic) bond motifs is 2. The summed E-state index contributed by atoms with van der Waals surface area (Å²) < 4.78 is 79.7. The van der Waals surface area contributed by atoms with Gasteiger partial charge in [-0.25, -0.2) is 4.79 Å². The molecule has 0 aromatic carbocycles. The molecular weight excluding hydrogens is 371 g/mol. The van der Waals surface area contributed by atoms with Crippen LogP contribution in [-0.4, -0.2) is 71.0 Å². The first-order chi connectivity index (χ1) is 11.5. The van der Waals surface area contributed by atoms with Gasteiger partial charge in [0, 0.05) is 19.6 Å². The molecule has 0 amide bonds. The van der Waals surface area contributed by atoms with Crippen LogP contribution in [0.25, 0.3) is 0 Å². The molecular formula is C13H18F3NO7S. The van der Waals surface area contributed by atoms with Crippen LogP contribution in [0.2, 0.25) is 0 Å². The van der Waals surface area contributed by atoms with Crippen molar-refractivity contribution >= 4 is 16.1 Å². The van der Waals surface area contributed by atoms with E-state index in [2.05, 4.69) is 8.92 Å². The minimum atomic E-state index is -5.89. The van der Waals surface area contributed by atoms with Crippen molar-refractivity contribution in [3.63, 3.8) is 0 Å². The van der Waals surface area contributed by atoms with Crippen LogP contribution in [0.15, 0.2) is 11.3 Å². The average molecular weight is 389 g/mol.